The third-order valence-electron chi connectivity index (χ3n) is 2.62. The number of hydrogen-bond acceptors (Lipinski definition) is 3. The molecule has 19 heavy (non-hydrogen) atoms. The zero-order valence-corrected chi connectivity index (χ0v) is 11.4. The molecule has 4 nitrogen and oxygen atoms in total. The Labute approximate surface area is 116 Å². The summed E-state index contributed by atoms with van der Waals surface area (Å²) in [5, 5.41) is 5.80. The van der Waals surface area contributed by atoms with E-state index in [2.05, 4.69) is 34.9 Å². The van der Waals surface area contributed by atoms with Gasteiger partial charge in [0.25, 0.3) is 0 Å². The van der Waals surface area contributed by atoms with E-state index in [-0.39, 0.29) is 0 Å². The topological polar surface area (TPSA) is 67.2 Å². The molecular formula is C14H17N3OS. The minimum Gasteiger partial charge on any atom is -0.352 e. The molecule has 5 heteroatoms. The second-order valence-electron chi connectivity index (χ2n) is 4.10. The normalized spacial score (nSPS) is 10.3. The van der Waals surface area contributed by atoms with Gasteiger partial charge >= 0.3 is 6.03 Å². The lowest BCUT2D eigenvalue weighted by molar-refractivity contribution is 0.249. The fraction of sp³-hybridized carbons (Fsp3) is 0.214. The van der Waals surface area contributed by atoms with Crippen molar-refractivity contribution in [2.24, 2.45) is 5.73 Å². The van der Waals surface area contributed by atoms with E-state index in [9.17, 15) is 4.79 Å². The maximum Gasteiger partial charge on any atom is 0.312 e. The van der Waals surface area contributed by atoms with Crippen LogP contribution in [0.2, 0.25) is 0 Å². The number of urea groups is 1. The number of amides is 2. The number of thiophene rings is 1. The molecule has 4 N–H and O–H groups in total. The molecule has 1 aromatic heterocycles. The number of primary amides is 1. The average molecular weight is 275 g/mol. The van der Waals surface area contributed by atoms with Gasteiger partial charge in [0, 0.05) is 29.4 Å². The van der Waals surface area contributed by atoms with Crippen LogP contribution in [0.4, 0.5) is 4.79 Å². The van der Waals surface area contributed by atoms with Crippen molar-refractivity contribution < 1.29 is 4.79 Å². The molecule has 0 saturated heterocycles. The summed E-state index contributed by atoms with van der Waals surface area (Å²) < 4.78 is 0. The number of carbonyl (C=O) groups is 1. The van der Waals surface area contributed by atoms with E-state index in [4.69, 9.17) is 5.73 Å². The van der Waals surface area contributed by atoms with Crippen LogP contribution < -0.4 is 16.4 Å². The summed E-state index contributed by atoms with van der Waals surface area (Å²) in [4.78, 5) is 13.0. The van der Waals surface area contributed by atoms with E-state index in [1.165, 1.54) is 15.3 Å². The molecule has 0 saturated carbocycles. The Bertz CT molecular complexity index is 524. The van der Waals surface area contributed by atoms with Gasteiger partial charge in [0.2, 0.25) is 0 Å². The van der Waals surface area contributed by atoms with Gasteiger partial charge in [-0.2, -0.15) is 0 Å². The van der Waals surface area contributed by atoms with Crippen LogP contribution in [0.5, 0.6) is 0 Å². The number of benzene rings is 1. The Morgan fingerprint density at radius 1 is 1.11 bits per heavy atom. The van der Waals surface area contributed by atoms with Crippen molar-refractivity contribution in [3.63, 3.8) is 0 Å². The van der Waals surface area contributed by atoms with Gasteiger partial charge in [-0.15, -0.1) is 11.3 Å². The maximum absolute atomic E-state index is 10.5. The molecule has 2 amide bonds. The number of hydrogen-bond donors (Lipinski definition) is 3. The van der Waals surface area contributed by atoms with Crippen molar-refractivity contribution in [3.8, 4) is 10.4 Å². The molecule has 1 aromatic carbocycles. The first-order valence-corrected chi connectivity index (χ1v) is 6.95. The minimum atomic E-state index is -0.482. The summed E-state index contributed by atoms with van der Waals surface area (Å²) in [7, 11) is 0. The Morgan fingerprint density at radius 3 is 2.63 bits per heavy atom. The Morgan fingerprint density at radius 2 is 1.89 bits per heavy atom. The van der Waals surface area contributed by atoms with E-state index in [1.54, 1.807) is 11.3 Å². The molecule has 0 bridgehead atoms. The third-order valence-corrected chi connectivity index (χ3v) is 3.75. The fourth-order valence-corrected chi connectivity index (χ4v) is 2.70. The highest BCUT2D eigenvalue weighted by molar-refractivity contribution is 7.15. The van der Waals surface area contributed by atoms with Gasteiger partial charge in [0.1, 0.15) is 0 Å². The summed E-state index contributed by atoms with van der Waals surface area (Å²) in [6.07, 6.45) is 0. The smallest absolute Gasteiger partial charge is 0.312 e. The second-order valence-corrected chi connectivity index (χ2v) is 5.27. The molecule has 0 aliphatic heterocycles. The van der Waals surface area contributed by atoms with Gasteiger partial charge < -0.3 is 16.4 Å². The van der Waals surface area contributed by atoms with Gasteiger partial charge in [-0.05, 0) is 17.7 Å². The molecule has 0 fully saturated rings. The summed E-state index contributed by atoms with van der Waals surface area (Å²) in [5.41, 5.74) is 6.22. The first kappa shape index (κ1) is 13.6. The van der Waals surface area contributed by atoms with Crippen LogP contribution in [0.15, 0.2) is 42.5 Å². The highest BCUT2D eigenvalue weighted by Crippen LogP contribution is 2.27. The van der Waals surface area contributed by atoms with E-state index < -0.39 is 6.03 Å². The van der Waals surface area contributed by atoms with E-state index in [0.29, 0.717) is 13.1 Å². The Balaban J connectivity index is 1.80. The molecule has 0 aliphatic rings. The monoisotopic (exact) mass is 275 g/mol. The highest BCUT2D eigenvalue weighted by atomic mass is 32.1. The number of rotatable bonds is 6. The number of carbonyl (C=O) groups excluding carboxylic acids is 1. The molecule has 100 valence electrons. The van der Waals surface area contributed by atoms with Crippen LogP contribution in [-0.2, 0) is 6.54 Å². The van der Waals surface area contributed by atoms with Crippen LogP contribution in [0.3, 0.4) is 0 Å². The summed E-state index contributed by atoms with van der Waals surface area (Å²) >= 11 is 1.78. The zero-order valence-electron chi connectivity index (χ0n) is 10.6. The second kappa shape index (κ2) is 6.92. The van der Waals surface area contributed by atoms with Gasteiger partial charge in [0.15, 0.2) is 0 Å². The van der Waals surface area contributed by atoms with Gasteiger partial charge in [0.05, 0.1) is 0 Å². The van der Waals surface area contributed by atoms with Crippen molar-refractivity contribution in [1.82, 2.24) is 10.6 Å². The molecule has 1 heterocycles. The average Bonchev–Trinajstić information content (AvgIpc) is 2.88. The minimum absolute atomic E-state index is 0.482. The van der Waals surface area contributed by atoms with Crippen LogP contribution in [-0.4, -0.2) is 19.1 Å². The third kappa shape index (κ3) is 4.39. The SMILES string of the molecule is NC(=O)NCCNCc1ccc(-c2ccccc2)s1. The van der Waals surface area contributed by atoms with Crippen LogP contribution in [0.25, 0.3) is 10.4 Å². The molecule has 0 radical (unpaired) electrons. The molecule has 2 rings (SSSR count). The summed E-state index contributed by atoms with van der Waals surface area (Å²) in [6, 6.07) is 14.1. The fourth-order valence-electron chi connectivity index (χ4n) is 1.72. The molecule has 0 atom stereocenters. The number of nitrogens with one attached hydrogen (secondary N) is 2. The standard InChI is InChI=1S/C14H17N3OS/c15-14(18)17-9-8-16-10-12-6-7-13(19-12)11-4-2-1-3-5-11/h1-7,16H,8-10H2,(H3,15,17,18). The zero-order chi connectivity index (χ0) is 13.5. The number of nitrogens with two attached hydrogens (primary N) is 1. The predicted octanol–water partition coefficient (Wildman–Crippen LogP) is 2.17. The Hall–Kier alpha value is -1.85. The largest absolute Gasteiger partial charge is 0.352 e. The molecule has 0 unspecified atom stereocenters. The summed E-state index contributed by atoms with van der Waals surface area (Å²) in [5.74, 6) is 0. The lowest BCUT2D eigenvalue weighted by Gasteiger charge is -2.03. The molecule has 0 spiro atoms. The van der Waals surface area contributed by atoms with E-state index >= 15 is 0 Å². The lowest BCUT2D eigenvalue weighted by atomic mass is 10.2. The molecule has 2 aromatic rings. The van der Waals surface area contributed by atoms with Crippen LogP contribution >= 0.6 is 11.3 Å². The Kier molecular flexibility index (Phi) is 4.94. The van der Waals surface area contributed by atoms with Crippen molar-refractivity contribution in [2.45, 2.75) is 6.54 Å². The highest BCUT2D eigenvalue weighted by Gasteiger charge is 2.02. The van der Waals surface area contributed by atoms with Crippen LogP contribution in [0, 0.1) is 0 Å². The van der Waals surface area contributed by atoms with Crippen molar-refractivity contribution in [2.75, 3.05) is 13.1 Å². The molecule has 0 aliphatic carbocycles. The van der Waals surface area contributed by atoms with E-state index in [1.807, 2.05) is 18.2 Å². The predicted molar refractivity (Wildman–Crippen MR) is 79.0 cm³/mol. The first-order valence-electron chi connectivity index (χ1n) is 6.14. The maximum atomic E-state index is 10.5. The van der Waals surface area contributed by atoms with E-state index in [0.717, 1.165) is 6.54 Å². The van der Waals surface area contributed by atoms with Crippen molar-refractivity contribution in [1.29, 1.82) is 0 Å². The van der Waals surface area contributed by atoms with Crippen molar-refractivity contribution >= 4 is 17.4 Å². The first-order chi connectivity index (χ1) is 9.25. The van der Waals surface area contributed by atoms with Crippen molar-refractivity contribution in [3.05, 3.63) is 47.3 Å². The quantitative estimate of drug-likeness (QED) is 0.707. The lowest BCUT2D eigenvalue weighted by Crippen LogP contribution is -2.35. The molecular weight excluding hydrogens is 258 g/mol. The van der Waals surface area contributed by atoms with Gasteiger partial charge in [-0.25, -0.2) is 4.79 Å². The van der Waals surface area contributed by atoms with Gasteiger partial charge in [-0.3, -0.25) is 0 Å². The van der Waals surface area contributed by atoms with Gasteiger partial charge in [-0.1, -0.05) is 30.3 Å². The summed E-state index contributed by atoms with van der Waals surface area (Å²) in [6.45, 7) is 2.06. The van der Waals surface area contributed by atoms with Crippen LogP contribution in [0.1, 0.15) is 4.88 Å².